The molecule has 0 radical (unpaired) electrons. The lowest BCUT2D eigenvalue weighted by Crippen LogP contribution is -2.30. The van der Waals surface area contributed by atoms with Gasteiger partial charge in [0, 0.05) is 12.2 Å². The summed E-state index contributed by atoms with van der Waals surface area (Å²) in [4.78, 5) is 14.5. The molecule has 0 saturated carbocycles. The molecule has 4 rings (SSSR count). The van der Waals surface area contributed by atoms with E-state index in [1.807, 2.05) is 54.3 Å². The quantitative estimate of drug-likeness (QED) is 0.676. The van der Waals surface area contributed by atoms with Gasteiger partial charge < -0.3 is 4.90 Å². The number of thioether (sulfide) groups is 1. The molecule has 1 amide bonds. The number of carbonyl (C=O) groups is 1. The van der Waals surface area contributed by atoms with Crippen molar-refractivity contribution in [2.75, 3.05) is 17.2 Å². The normalized spacial score (nSPS) is 13.1. The van der Waals surface area contributed by atoms with Crippen LogP contribution in [0.4, 0.5) is 5.69 Å². The van der Waals surface area contributed by atoms with Crippen molar-refractivity contribution < 1.29 is 4.79 Å². The number of para-hydroxylation sites is 1. The van der Waals surface area contributed by atoms with Gasteiger partial charge in [0.05, 0.1) is 11.4 Å². The first-order valence-corrected chi connectivity index (χ1v) is 9.07. The minimum Gasteiger partial charge on any atom is -0.311 e. The zero-order valence-corrected chi connectivity index (χ0v) is 14.6. The number of tetrazole rings is 1. The SMILES string of the molecule is Cc1ccc(-n2nnnc2SCC(=O)N2CCc3ccccc32)cc1. The molecule has 0 fully saturated rings. The van der Waals surface area contributed by atoms with Crippen LogP contribution in [0.5, 0.6) is 0 Å². The molecule has 2 heterocycles. The number of carbonyl (C=O) groups excluding carboxylic acids is 1. The average Bonchev–Trinajstić information content (AvgIpc) is 3.27. The molecule has 0 N–H and O–H groups in total. The summed E-state index contributed by atoms with van der Waals surface area (Å²) >= 11 is 1.36. The third kappa shape index (κ3) is 3.15. The Bertz CT molecular complexity index is 906. The van der Waals surface area contributed by atoms with Gasteiger partial charge in [0.15, 0.2) is 0 Å². The Balaban J connectivity index is 1.47. The highest BCUT2D eigenvalue weighted by Crippen LogP contribution is 2.28. The van der Waals surface area contributed by atoms with Crippen LogP contribution in [0.3, 0.4) is 0 Å². The van der Waals surface area contributed by atoms with Gasteiger partial charge in [-0.2, -0.15) is 4.68 Å². The van der Waals surface area contributed by atoms with Crippen molar-refractivity contribution in [3.63, 3.8) is 0 Å². The summed E-state index contributed by atoms with van der Waals surface area (Å²) in [6, 6.07) is 16.0. The Morgan fingerprint density at radius 2 is 1.96 bits per heavy atom. The third-order valence-electron chi connectivity index (χ3n) is 4.23. The number of aryl methyl sites for hydroxylation is 1. The van der Waals surface area contributed by atoms with Crippen LogP contribution in [-0.2, 0) is 11.2 Å². The van der Waals surface area contributed by atoms with E-state index in [0.717, 1.165) is 24.3 Å². The minimum absolute atomic E-state index is 0.0772. The van der Waals surface area contributed by atoms with E-state index in [0.29, 0.717) is 10.9 Å². The van der Waals surface area contributed by atoms with E-state index in [-0.39, 0.29) is 5.91 Å². The van der Waals surface area contributed by atoms with Gasteiger partial charge in [-0.1, -0.05) is 47.7 Å². The lowest BCUT2D eigenvalue weighted by molar-refractivity contribution is -0.116. The summed E-state index contributed by atoms with van der Waals surface area (Å²) in [5.74, 6) is 0.383. The van der Waals surface area contributed by atoms with Crippen LogP contribution in [-0.4, -0.2) is 38.4 Å². The Labute approximate surface area is 149 Å². The molecular formula is C18H17N5OS. The maximum absolute atomic E-state index is 12.6. The van der Waals surface area contributed by atoms with E-state index in [1.54, 1.807) is 4.68 Å². The molecule has 0 saturated heterocycles. The molecule has 0 spiro atoms. The highest BCUT2D eigenvalue weighted by molar-refractivity contribution is 7.99. The number of aromatic nitrogens is 4. The predicted molar refractivity (Wildman–Crippen MR) is 97.1 cm³/mol. The Morgan fingerprint density at radius 3 is 2.80 bits per heavy atom. The first kappa shape index (κ1) is 15.8. The number of hydrogen-bond acceptors (Lipinski definition) is 5. The monoisotopic (exact) mass is 351 g/mol. The largest absolute Gasteiger partial charge is 0.311 e. The molecule has 25 heavy (non-hydrogen) atoms. The first-order valence-electron chi connectivity index (χ1n) is 8.09. The Kier molecular flexibility index (Phi) is 4.23. The second-order valence-electron chi connectivity index (χ2n) is 5.92. The van der Waals surface area contributed by atoms with Gasteiger partial charge in [0.2, 0.25) is 11.1 Å². The van der Waals surface area contributed by atoms with Gasteiger partial charge in [0.25, 0.3) is 0 Å². The topological polar surface area (TPSA) is 63.9 Å². The molecule has 7 heteroatoms. The summed E-state index contributed by atoms with van der Waals surface area (Å²) in [5.41, 5.74) is 4.31. The predicted octanol–water partition coefficient (Wildman–Crippen LogP) is 2.65. The van der Waals surface area contributed by atoms with Gasteiger partial charge >= 0.3 is 0 Å². The zero-order valence-electron chi connectivity index (χ0n) is 13.8. The van der Waals surface area contributed by atoms with Crippen LogP contribution in [0.15, 0.2) is 53.7 Å². The van der Waals surface area contributed by atoms with Crippen LogP contribution >= 0.6 is 11.8 Å². The Morgan fingerprint density at radius 1 is 1.16 bits per heavy atom. The van der Waals surface area contributed by atoms with E-state index in [1.165, 1.54) is 22.9 Å². The lowest BCUT2D eigenvalue weighted by atomic mass is 10.2. The molecule has 126 valence electrons. The molecular weight excluding hydrogens is 334 g/mol. The molecule has 0 unspecified atom stereocenters. The molecule has 3 aromatic rings. The van der Waals surface area contributed by atoms with Gasteiger partial charge in [-0.3, -0.25) is 4.79 Å². The summed E-state index contributed by atoms with van der Waals surface area (Å²) in [6.07, 6.45) is 0.910. The van der Waals surface area contributed by atoms with Gasteiger partial charge in [-0.15, -0.1) is 5.10 Å². The molecule has 2 aromatic carbocycles. The van der Waals surface area contributed by atoms with E-state index in [2.05, 4.69) is 21.6 Å². The maximum atomic E-state index is 12.6. The number of fused-ring (bicyclic) bond motifs is 1. The third-order valence-corrected chi connectivity index (χ3v) is 5.14. The van der Waals surface area contributed by atoms with Crippen LogP contribution in [0.2, 0.25) is 0 Å². The highest BCUT2D eigenvalue weighted by atomic mass is 32.2. The van der Waals surface area contributed by atoms with Gasteiger partial charge in [0.1, 0.15) is 0 Å². The number of rotatable bonds is 4. The number of nitrogens with zero attached hydrogens (tertiary/aromatic N) is 5. The summed E-state index contributed by atoms with van der Waals surface area (Å²) in [6.45, 7) is 2.77. The number of anilines is 1. The second kappa shape index (κ2) is 6.68. The van der Waals surface area contributed by atoms with Gasteiger partial charge in [-0.05, 0) is 47.5 Å². The number of amides is 1. The van der Waals surface area contributed by atoms with Crippen LogP contribution in [0.25, 0.3) is 5.69 Å². The van der Waals surface area contributed by atoms with Crippen molar-refractivity contribution in [3.05, 3.63) is 59.7 Å². The number of benzene rings is 2. The van der Waals surface area contributed by atoms with Gasteiger partial charge in [-0.25, -0.2) is 0 Å². The van der Waals surface area contributed by atoms with E-state index in [9.17, 15) is 4.79 Å². The summed E-state index contributed by atoms with van der Waals surface area (Å²) in [7, 11) is 0. The molecule has 0 aliphatic carbocycles. The van der Waals surface area contributed by atoms with E-state index >= 15 is 0 Å². The van der Waals surface area contributed by atoms with Crippen LogP contribution in [0.1, 0.15) is 11.1 Å². The van der Waals surface area contributed by atoms with Crippen molar-refractivity contribution in [1.29, 1.82) is 0 Å². The van der Waals surface area contributed by atoms with Crippen molar-refractivity contribution in [2.24, 2.45) is 0 Å². The van der Waals surface area contributed by atoms with Crippen molar-refractivity contribution in [1.82, 2.24) is 20.2 Å². The highest BCUT2D eigenvalue weighted by Gasteiger charge is 2.24. The molecule has 1 aliphatic rings. The van der Waals surface area contributed by atoms with Crippen LogP contribution in [0, 0.1) is 6.92 Å². The first-order chi connectivity index (χ1) is 12.2. The van der Waals surface area contributed by atoms with E-state index in [4.69, 9.17) is 0 Å². The lowest BCUT2D eigenvalue weighted by Gasteiger charge is -2.16. The second-order valence-corrected chi connectivity index (χ2v) is 6.86. The zero-order chi connectivity index (χ0) is 17.2. The van der Waals surface area contributed by atoms with E-state index < -0.39 is 0 Å². The Hall–Kier alpha value is -2.67. The summed E-state index contributed by atoms with van der Waals surface area (Å²) in [5, 5.41) is 12.5. The molecule has 1 aromatic heterocycles. The maximum Gasteiger partial charge on any atom is 0.237 e. The smallest absolute Gasteiger partial charge is 0.237 e. The number of hydrogen-bond donors (Lipinski definition) is 0. The molecule has 0 bridgehead atoms. The van der Waals surface area contributed by atoms with Crippen LogP contribution < -0.4 is 4.90 Å². The fraction of sp³-hybridized carbons (Fsp3) is 0.222. The van der Waals surface area contributed by atoms with Crippen molar-refractivity contribution >= 4 is 23.4 Å². The minimum atomic E-state index is 0.0772. The standard InChI is InChI=1S/C18H17N5OS/c1-13-6-8-15(9-7-13)23-18(19-20-21-23)25-12-17(24)22-11-10-14-4-2-3-5-16(14)22/h2-9H,10-12H2,1H3. The molecule has 1 aliphatic heterocycles. The van der Waals surface area contributed by atoms with Crippen molar-refractivity contribution in [3.8, 4) is 5.69 Å². The molecule has 6 nitrogen and oxygen atoms in total. The fourth-order valence-electron chi connectivity index (χ4n) is 2.92. The van der Waals surface area contributed by atoms with Crippen molar-refractivity contribution in [2.45, 2.75) is 18.5 Å². The average molecular weight is 351 g/mol. The summed E-state index contributed by atoms with van der Waals surface area (Å²) < 4.78 is 1.66. The fourth-order valence-corrected chi connectivity index (χ4v) is 3.69. The molecule has 0 atom stereocenters.